The first-order valence-electron chi connectivity index (χ1n) is 6.16. The van der Waals surface area contributed by atoms with E-state index >= 15 is 0 Å². The van der Waals surface area contributed by atoms with Gasteiger partial charge in [-0.2, -0.15) is 0 Å². The van der Waals surface area contributed by atoms with E-state index < -0.39 is 10.0 Å². The number of sulfonamides is 1. The monoisotopic (exact) mass is 287 g/mol. The van der Waals surface area contributed by atoms with Crippen LogP contribution in [-0.4, -0.2) is 8.42 Å². The molecule has 102 valence electrons. The minimum atomic E-state index is -3.59. The minimum Gasteiger partial charge on any atom is -0.224 e. The number of primary sulfonamides is 1. The van der Waals surface area contributed by atoms with Gasteiger partial charge in [-0.1, -0.05) is 19.4 Å². The summed E-state index contributed by atoms with van der Waals surface area (Å²) in [6, 6.07) is 0. The zero-order valence-electron chi connectivity index (χ0n) is 11.0. The Morgan fingerprint density at radius 1 is 1.39 bits per heavy atom. The maximum atomic E-state index is 11.5. The van der Waals surface area contributed by atoms with Gasteiger partial charge in [-0.05, 0) is 43.7 Å². The second kappa shape index (κ2) is 6.50. The number of hydrogen-bond acceptors (Lipinski definition) is 3. The molecule has 0 aliphatic carbocycles. The standard InChI is InChI=1S/C13H21NO2S2/c1-4-6-7-9-12-11(8-5-2)10(3)13(17-12)18(14,15)16/h4H,1,5-9H2,2-3H3,(H2,14,15,16). The van der Waals surface area contributed by atoms with E-state index in [1.165, 1.54) is 21.8 Å². The van der Waals surface area contributed by atoms with Gasteiger partial charge in [0.25, 0.3) is 0 Å². The fourth-order valence-electron chi connectivity index (χ4n) is 2.04. The highest BCUT2D eigenvalue weighted by atomic mass is 32.2. The van der Waals surface area contributed by atoms with E-state index in [4.69, 9.17) is 5.14 Å². The van der Waals surface area contributed by atoms with Gasteiger partial charge in [0.1, 0.15) is 4.21 Å². The van der Waals surface area contributed by atoms with Crippen molar-refractivity contribution in [3.8, 4) is 0 Å². The van der Waals surface area contributed by atoms with Gasteiger partial charge in [0, 0.05) is 4.88 Å². The van der Waals surface area contributed by atoms with Crippen LogP contribution in [0.2, 0.25) is 0 Å². The zero-order chi connectivity index (χ0) is 13.8. The molecule has 0 fully saturated rings. The third-order valence-corrected chi connectivity index (χ3v) is 5.84. The first-order chi connectivity index (χ1) is 8.41. The highest BCUT2D eigenvalue weighted by molar-refractivity contribution is 7.91. The molecule has 5 heteroatoms. The number of aryl methyl sites for hydroxylation is 1. The Hall–Kier alpha value is -0.650. The summed E-state index contributed by atoms with van der Waals surface area (Å²) < 4.78 is 23.4. The molecule has 0 bridgehead atoms. The molecule has 0 spiro atoms. The Kier molecular flexibility index (Phi) is 5.56. The maximum absolute atomic E-state index is 11.5. The molecule has 1 aromatic heterocycles. The van der Waals surface area contributed by atoms with Crippen molar-refractivity contribution in [2.75, 3.05) is 0 Å². The summed E-state index contributed by atoms with van der Waals surface area (Å²) in [7, 11) is -3.59. The molecule has 2 N–H and O–H groups in total. The molecule has 0 amide bonds. The predicted octanol–water partition coefficient (Wildman–Crippen LogP) is 3.17. The van der Waals surface area contributed by atoms with Crippen molar-refractivity contribution < 1.29 is 8.42 Å². The molecule has 0 radical (unpaired) electrons. The van der Waals surface area contributed by atoms with Crippen LogP contribution in [-0.2, 0) is 22.9 Å². The first-order valence-corrected chi connectivity index (χ1v) is 8.52. The molecule has 0 aliphatic heterocycles. The molecular weight excluding hydrogens is 266 g/mol. The molecule has 0 saturated heterocycles. The number of hydrogen-bond donors (Lipinski definition) is 1. The van der Waals surface area contributed by atoms with Crippen molar-refractivity contribution in [3.63, 3.8) is 0 Å². The lowest BCUT2D eigenvalue weighted by Crippen LogP contribution is -2.11. The summed E-state index contributed by atoms with van der Waals surface area (Å²) in [5.41, 5.74) is 2.02. The number of thiophene rings is 1. The second-order valence-corrected chi connectivity index (χ2v) is 7.25. The molecule has 0 unspecified atom stereocenters. The van der Waals surface area contributed by atoms with Gasteiger partial charge in [-0.15, -0.1) is 17.9 Å². The molecule has 0 saturated carbocycles. The average Bonchev–Trinajstić information content (AvgIpc) is 2.58. The lowest BCUT2D eigenvalue weighted by atomic mass is 10.0. The van der Waals surface area contributed by atoms with Gasteiger partial charge in [-0.3, -0.25) is 0 Å². The van der Waals surface area contributed by atoms with Crippen LogP contribution in [0.25, 0.3) is 0 Å². The number of allylic oxidation sites excluding steroid dienone is 1. The average molecular weight is 287 g/mol. The van der Waals surface area contributed by atoms with E-state index in [-0.39, 0.29) is 0 Å². The van der Waals surface area contributed by atoms with E-state index in [0.29, 0.717) is 4.21 Å². The topological polar surface area (TPSA) is 60.2 Å². The Morgan fingerprint density at radius 3 is 2.56 bits per heavy atom. The molecule has 18 heavy (non-hydrogen) atoms. The van der Waals surface area contributed by atoms with E-state index in [0.717, 1.165) is 37.7 Å². The minimum absolute atomic E-state index is 0.333. The molecular formula is C13H21NO2S2. The molecule has 1 aromatic rings. The Bertz CT molecular complexity index is 515. The Balaban J connectivity index is 3.11. The fourth-order valence-corrected chi connectivity index (χ4v) is 4.48. The fraction of sp³-hybridized carbons (Fsp3) is 0.538. The third kappa shape index (κ3) is 3.67. The summed E-state index contributed by atoms with van der Waals surface area (Å²) >= 11 is 1.34. The predicted molar refractivity (Wildman–Crippen MR) is 77.6 cm³/mol. The van der Waals surface area contributed by atoms with Gasteiger partial charge >= 0.3 is 0 Å². The highest BCUT2D eigenvalue weighted by Crippen LogP contribution is 2.33. The largest absolute Gasteiger partial charge is 0.247 e. The van der Waals surface area contributed by atoms with Crippen LogP contribution in [0.3, 0.4) is 0 Å². The van der Waals surface area contributed by atoms with Gasteiger partial charge in [0.15, 0.2) is 0 Å². The molecule has 1 heterocycles. The van der Waals surface area contributed by atoms with E-state index in [1.54, 1.807) is 0 Å². The number of unbranched alkanes of at least 4 members (excludes halogenated alkanes) is 1. The van der Waals surface area contributed by atoms with Gasteiger partial charge in [0.2, 0.25) is 10.0 Å². The van der Waals surface area contributed by atoms with Gasteiger partial charge in [-0.25, -0.2) is 13.6 Å². The number of rotatable bonds is 7. The van der Waals surface area contributed by atoms with E-state index in [2.05, 4.69) is 13.5 Å². The van der Waals surface area contributed by atoms with Crippen LogP contribution in [0.15, 0.2) is 16.9 Å². The molecule has 0 aromatic carbocycles. The number of nitrogens with two attached hydrogens (primary N) is 1. The van der Waals surface area contributed by atoms with Crippen LogP contribution in [0, 0.1) is 6.92 Å². The van der Waals surface area contributed by atoms with Crippen molar-refractivity contribution in [2.24, 2.45) is 5.14 Å². The summed E-state index contributed by atoms with van der Waals surface area (Å²) in [5, 5.41) is 5.26. The molecule has 3 nitrogen and oxygen atoms in total. The zero-order valence-corrected chi connectivity index (χ0v) is 12.7. The van der Waals surface area contributed by atoms with Crippen LogP contribution < -0.4 is 5.14 Å². The summed E-state index contributed by atoms with van der Waals surface area (Å²) in [5.74, 6) is 0. The third-order valence-electron chi connectivity index (χ3n) is 2.88. The van der Waals surface area contributed by atoms with Gasteiger partial charge in [0.05, 0.1) is 0 Å². The first kappa shape index (κ1) is 15.4. The maximum Gasteiger partial charge on any atom is 0.247 e. The molecule has 1 rings (SSSR count). The van der Waals surface area contributed by atoms with E-state index in [1.807, 2.05) is 13.0 Å². The van der Waals surface area contributed by atoms with E-state index in [9.17, 15) is 8.42 Å². The smallest absolute Gasteiger partial charge is 0.224 e. The SMILES string of the molecule is C=CCCCc1sc(S(N)(=O)=O)c(C)c1CCC. The summed E-state index contributed by atoms with van der Waals surface area (Å²) in [6.45, 7) is 7.66. The molecule has 0 atom stereocenters. The van der Waals surface area contributed by atoms with Crippen LogP contribution in [0.1, 0.15) is 42.2 Å². The van der Waals surface area contributed by atoms with Gasteiger partial charge < -0.3 is 0 Å². The van der Waals surface area contributed by atoms with Crippen LogP contribution in [0.5, 0.6) is 0 Å². The summed E-state index contributed by atoms with van der Waals surface area (Å²) in [4.78, 5) is 1.17. The lowest BCUT2D eigenvalue weighted by molar-refractivity contribution is 0.599. The second-order valence-electron chi connectivity index (χ2n) is 4.39. The normalized spacial score (nSPS) is 11.7. The van der Waals surface area contributed by atoms with Crippen molar-refractivity contribution in [1.29, 1.82) is 0 Å². The van der Waals surface area contributed by atoms with Crippen LogP contribution >= 0.6 is 11.3 Å². The lowest BCUT2D eigenvalue weighted by Gasteiger charge is -2.03. The van der Waals surface area contributed by atoms with Crippen molar-refractivity contribution in [2.45, 2.75) is 50.2 Å². The Morgan fingerprint density at radius 2 is 2.06 bits per heavy atom. The molecule has 0 aliphatic rings. The van der Waals surface area contributed by atoms with Crippen molar-refractivity contribution in [1.82, 2.24) is 0 Å². The van der Waals surface area contributed by atoms with Crippen molar-refractivity contribution in [3.05, 3.63) is 28.7 Å². The quantitative estimate of drug-likeness (QED) is 0.618. The van der Waals surface area contributed by atoms with Crippen LogP contribution in [0.4, 0.5) is 0 Å². The van der Waals surface area contributed by atoms with Crippen molar-refractivity contribution >= 4 is 21.4 Å². The summed E-state index contributed by atoms with van der Waals surface area (Å²) in [6.07, 6.45) is 6.68. The highest BCUT2D eigenvalue weighted by Gasteiger charge is 2.20. The Labute approximate surface area is 114 Å².